The van der Waals surface area contributed by atoms with Crippen LogP contribution >= 0.6 is 11.6 Å². The summed E-state index contributed by atoms with van der Waals surface area (Å²) in [6.07, 6.45) is -4.89. The van der Waals surface area contributed by atoms with Gasteiger partial charge in [-0.15, -0.1) is 0 Å². The van der Waals surface area contributed by atoms with Gasteiger partial charge in [-0.25, -0.2) is 0 Å². The smallest absolute Gasteiger partial charge is 0.350 e. The van der Waals surface area contributed by atoms with Gasteiger partial charge < -0.3 is 15.8 Å². The molecule has 3 N–H and O–H groups in total. The minimum Gasteiger partial charge on any atom is -0.350 e. The Labute approximate surface area is 148 Å². The normalized spacial score (nSPS) is 24.3. The van der Waals surface area contributed by atoms with E-state index in [0.717, 1.165) is 17.7 Å². The van der Waals surface area contributed by atoms with Gasteiger partial charge in [-0.3, -0.25) is 0 Å². The van der Waals surface area contributed by atoms with Crippen molar-refractivity contribution in [3.05, 3.63) is 58.6 Å². The largest absolute Gasteiger partial charge is 0.416 e. The second-order valence-corrected chi connectivity index (χ2v) is 6.76. The molecule has 0 aromatic heterocycles. The van der Waals surface area contributed by atoms with Crippen molar-refractivity contribution in [1.29, 1.82) is 0 Å². The monoisotopic (exact) mass is 370 g/mol. The molecule has 2 unspecified atom stereocenters. The third-order valence-corrected chi connectivity index (χ3v) is 4.47. The maximum atomic E-state index is 13.0. The summed E-state index contributed by atoms with van der Waals surface area (Å²) < 4.78 is 45.0. The number of nitrogens with one attached hydrogen (secondary N) is 1. The van der Waals surface area contributed by atoms with Crippen LogP contribution in [0.5, 0.6) is 0 Å². The van der Waals surface area contributed by atoms with Gasteiger partial charge in [0.2, 0.25) is 0 Å². The van der Waals surface area contributed by atoms with Crippen molar-refractivity contribution in [3.63, 3.8) is 0 Å². The molecule has 0 aliphatic carbocycles. The number of morpholine rings is 1. The Morgan fingerprint density at radius 2 is 1.96 bits per heavy atom. The zero-order valence-electron chi connectivity index (χ0n) is 13.5. The summed E-state index contributed by atoms with van der Waals surface area (Å²) >= 11 is 5.89. The number of nitrogens with two attached hydrogens (primary N) is 1. The second-order valence-electron chi connectivity index (χ2n) is 6.33. The highest BCUT2D eigenvalue weighted by Gasteiger charge is 2.34. The lowest BCUT2D eigenvalue weighted by Gasteiger charge is -2.38. The number of alkyl halides is 3. The van der Waals surface area contributed by atoms with E-state index in [2.05, 4.69) is 5.32 Å². The van der Waals surface area contributed by atoms with Crippen molar-refractivity contribution in [3.8, 4) is 11.1 Å². The SMILES string of the molecule is CC1(c2cccc(-c3cc(Cl)cc(C(F)(F)F)c3)c2)CNCC(N)O1. The number of ether oxygens (including phenoxy) is 1. The van der Waals surface area contributed by atoms with E-state index >= 15 is 0 Å². The maximum Gasteiger partial charge on any atom is 0.416 e. The first-order valence-electron chi connectivity index (χ1n) is 7.80. The first kappa shape index (κ1) is 18.2. The number of hydrogen-bond acceptors (Lipinski definition) is 3. The standard InChI is InChI=1S/C18H18ClF3N2O/c1-17(10-24-9-16(23)25-17)13-4-2-3-11(5-13)12-6-14(18(20,21)22)8-15(19)7-12/h2-8,16,24H,9-10,23H2,1H3. The van der Waals surface area contributed by atoms with Crippen LogP contribution in [-0.2, 0) is 16.5 Å². The molecule has 0 amide bonds. The summed E-state index contributed by atoms with van der Waals surface area (Å²) in [6.45, 7) is 3.02. The van der Waals surface area contributed by atoms with E-state index in [1.807, 2.05) is 19.1 Å². The molecule has 3 nitrogen and oxygen atoms in total. The van der Waals surface area contributed by atoms with Crippen molar-refractivity contribution in [1.82, 2.24) is 5.32 Å². The topological polar surface area (TPSA) is 47.3 Å². The molecule has 3 rings (SSSR count). The van der Waals surface area contributed by atoms with Crippen LogP contribution in [-0.4, -0.2) is 19.3 Å². The van der Waals surface area contributed by atoms with E-state index in [1.165, 1.54) is 6.07 Å². The molecule has 1 aliphatic heterocycles. The lowest BCUT2D eigenvalue weighted by atomic mass is 9.91. The molecule has 0 bridgehead atoms. The molecule has 1 saturated heterocycles. The van der Waals surface area contributed by atoms with Crippen molar-refractivity contribution in [2.75, 3.05) is 13.1 Å². The van der Waals surface area contributed by atoms with Gasteiger partial charge in [0.25, 0.3) is 0 Å². The molecule has 0 radical (unpaired) electrons. The molecular formula is C18H18ClF3N2O. The van der Waals surface area contributed by atoms with Crippen LogP contribution in [0.4, 0.5) is 13.2 Å². The Morgan fingerprint density at radius 1 is 1.20 bits per heavy atom. The van der Waals surface area contributed by atoms with Crippen LogP contribution in [0.2, 0.25) is 5.02 Å². The minimum atomic E-state index is -4.45. The van der Waals surface area contributed by atoms with Crippen molar-refractivity contribution in [2.45, 2.75) is 24.9 Å². The molecule has 2 atom stereocenters. The molecule has 25 heavy (non-hydrogen) atoms. The quantitative estimate of drug-likeness (QED) is 0.835. The average molecular weight is 371 g/mol. The predicted molar refractivity (Wildman–Crippen MR) is 91.2 cm³/mol. The molecule has 0 saturated carbocycles. The Hall–Kier alpha value is -1.60. The van der Waals surface area contributed by atoms with Gasteiger partial charge >= 0.3 is 6.18 Å². The summed E-state index contributed by atoms with van der Waals surface area (Å²) in [6, 6.07) is 10.7. The van der Waals surface area contributed by atoms with Gasteiger partial charge in [0, 0.05) is 18.1 Å². The van der Waals surface area contributed by atoms with Crippen molar-refractivity contribution in [2.24, 2.45) is 5.73 Å². The zero-order chi connectivity index (χ0) is 18.2. The molecule has 1 fully saturated rings. The van der Waals surface area contributed by atoms with Crippen molar-refractivity contribution >= 4 is 11.6 Å². The number of rotatable bonds is 2. The first-order valence-corrected chi connectivity index (χ1v) is 8.18. The summed E-state index contributed by atoms with van der Waals surface area (Å²) in [7, 11) is 0. The number of halogens is 4. The molecule has 7 heteroatoms. The van der Waals surface area contributed by atoms with Gasteiger partial charge in [0.15, 0.2) is 0 Å². The molecular weight excluding hydrogens is 353 g/mol. The maximum absolute atomic E-state index is 13.0. The molecule has 1 heterocycles. The summed E-state index contributed by atoms with van der Waals surface area (Å²) in [5.74, 6) is 0. The molecule has 2 aromatic rings. The Morgan fingerprint density at radius 3 is 2.64 bits per heavy atom. The van der Waals surface area contributed by atoms with E-state index < -0.39 is 23.6 Å². The third-order valence-electron chi connectivity index (χ3n) is 4.25. The zero-order valence-corrected chi connectivity index (χ0v) is 14.3. The fourth-order valence-electron chi connectivity index (χ4n) is 2.99. The fraction of sp³-hybridized carbons (Fsp3) is 0.333. The van der Waals surface area contributed by atoms with Crippen LogP contribution in [0.15, 0.2) is 42.5 Å². The van der Waals surface area contributed by atoms with Gasteiger partial charge in [0.05, 0.1) is 5.56 Å². The van der Waals surface area contributed by atoms with E-state index in [1.54, 1.807) is 12.1 Å². The van der Waals surface area contributed by atoms with Gasteiger partial charge in [-0.2, -0.15) is 13.2 Å². The first-order chi connectivity index (χ1) is 11.7. The van der Waals surface area contributed by atoms with Crippen LogP contribution in [0.3, 0.4) is 0 Å². The minimum absolute atomic E-state index is 0.0408. The number of hydrogen-bond donors (Lipinski definition) is 2. The highest BCUT2D eigenvalue weighted by atomic mass is 35.5. The highest BCUT2D eigenvalue weighted by Crippen LogP contribution is 2.36. The third kappa shape index (κ3) is 3.98. The van der Waals surface area contributed by atoms with E-state index in [0.29, 0.717) is 24.2 Å². The van der Waals surface area contributed by atoms with Crippen LogP contribution in [0.1, 0.15) is 18.1 Å². The van der Waals surface area contributed by atoms with Gasteiger partial charge in [0.1, 0.15) is 11.8 Å². The summed E-state index contributed by atoms with van der Waals surface area (Å²) in [4.78, 5) is 0. The van der Waals surface area contributed by atoms with Gasteiger partial charge in [-0.05, 0) is 47.9 Å². The molecule has 134 valence electrons. The lowest BCUT2D eigenvalue weighted by molar-refractivity contribution is -0.137. The predicted octanol–water partition coefficient (Wildman–Crippen LogP) is 4.15. The average Bonchev–Trinajstić information content (AvgIpc) is 2.53. The molecule has 0 spiro atoms. The van der Waals surface area contributed by atoms with Crippen molar-refractivity contribution < 1.29 is 17.9 Å². The Balaban J connectivity index is 2.01. The second kappa shape index (κ2) is 6.61. The van der Waals surface area contributed by atoms with Crippen LogP contribution in [0, 0.1) is 0 Å². The highest BCUT2D eigenvalue weighted by molar-refractivity contribution is 6.31. The van der Waals surface area contributed by atoms with E-state index in [9.17, 15) is 13.2 Å². The van der Waals surface area contributed by atoms with Crippen LogP contribution in [0.25, 0.3) is 11.1 Å². The van der Waals surface area contributed by atoms with E-state index in [4.69, 9.17) is 22.1 Å². The Kier molecular flexibility index (Phi) is 4.81. The Bertz CT molecular complexity index is 781. The fourth-order valence-corrected chi connectivity index (χ4v) is 3.22. The number of benzene rings is 2. The van der Waals surface area contributed by atoms with E-state index in [-0.39, 0.29) is 5.02 Å². The summed E-state index contributed by atoms with van der Waals surface area (Å²) in [5.41, 5.74) is 6.30. The molecule has 2 aromatic carbocycles. The van der Waals surface area contributed by atoms with Crippen LogP contribution < -0.4 is 11.1 Å². The summed E-state index contributed by atoms with van der Waals surface area (Å²) in [5, 5.41) is 3.24. The molecule has 1 aliphatic rings. The van der Waals surface area contributed by atoms with Gasteiger partial charge in [-0.1, -0.05) is 29.8 Å². The lowest BCUT2D eigenvalue weighted by Crippen LogP contribution is -2.53.